The van der Waals surface area contributed by atoms with Crippen LogP contribution in [0, 0.1) is 13.8 Å². The van der Waals surface area contributed by atoms with E-state index in [0.717, 1.165) is 22.4 Å². The zero-order valence-electron chi connectivity index (χ0n) is 18.8. The third-order valence-corrected chi connectivity index (χ3v) is 8.75. The molecular formula is C25H29N3O3S2. The van der Waals surface area contributed by atoms with E-state index >= 15 is 0 Å². The van der Waals surface area contributed by atoms with Gasteiger partial charge in [0.05, 0.1) is 0 Å². The third kappa shape index (κ3) is 5.89. The number of thiophene rings is 1. The van der Waals surface area contributed by atoms with Crippen LogP contribution in [0.1, 0.15) is 35.6 Å². The van der Waals surface area contributed by atoms with E-state index in [1.165, 1.54) is 11.3 Å². The Kier molecular flexibility index (Phi) is 7.29. The minimum Gasteiger partial charge on any atom is -0.324 e. The highest BCUT2D eigenvalue weighted by Crippen LogP contribution is 2.28. The van der Waals surface area contributed by atoms with Crippen LogP contribution < -0.4 is 10.0 Å². The number of likely N-dealkylation sites (tertiary alicyclic amines) is 1. The Morgan fingerprint density at radius 3 is 2.27 bits per heavy atom. The van der Waals surface area contributed by atoms with Crippen molar-refractivity contribution in [2.45, 2.75) is 43.0 Å². The maximum atomic E-state index is 13.4. The number of benzene rings is 2. The maximum absolute atomic E-state index is 13.4. The van der Waals surface area contributed by atoms with E-state index in [1.54, 1.807) is 17.5 Å². The third-order valence-electron chi connectivity index (χ3n) is 5.83. The van der Waals surface area contributed by atoms with Crippen LogP contribution in [-0.4, -0.2) is 38.4 Å². The first-order chi connectivity index (χ1) is 15.8. The molecule has 1 amide bonds. The smallest absolute Gasteiger partial charge is 0.250 e. The van der Waals surface area contributed by atoms with Crippen molar-refractivity contribution in [3.05, 3.63) is 82.7 Å². The standard InChI is InChI=1S/C25H29N3O3S2/c1-18-15-19(2)17-22(16-18)26-25(29)24(20-7-4-3-5-8-20)28-12-10-21(11-13-28)27-33(30,31)23-9-6-14-32-23/h3-9,14-17,21,24,27H,10-13H2,1-2H3,(H,26,29)/t24-/m0/s1. The highest BCUT2D eigenvalue weighted by atomic mass is 32.2. The van der Waals surface area contributed by atoms with Crippen LogP contribution in [-0.2, 0) is 14.8 Å². The van der Waals surface area contributed by atoms with Crippen LogP contribution in [0.5, 0.6) is 0 Å². The average molecular weight is 484 g/mol. The Hall–Kier alpha value is -2.52. The molecule has 1 aromatic heterocycles. The van der Waals surface area contributed by atoms with Gasteiger partial charge in [-0.2, -0.15) is 0 Å². The van der Waals surface area contributed by atoms with Gasteiger partial charge in [0.25, 0.3) is 0 Å². The predicted molar refractivity (Wildman–Crippen MR) is 133 cm³/mol. The Labute approximate surface area is 199 Å². The summed E-state index contributed by atoms with van der Waals surface area (Å²) in [5.74, 6) is -0.0798. The summed E-state index contributed by atoms with van der Waals surface area (Å²) in [6, 6.07) is 18.5. The Bertz CT molecular complexity index is 1170. The fourth-order valence-electron chi connectivity index (χ4n) is 4.39. The molecule has 2 aromatic carbocycles. The molecule has 174 valence electrons. The summed E-state index contributed by atoms with van der Waals surface area (Å²) >= 11 is 1.21. The quantitative estimate of drug-likeness (QED) is 0.519. The summed E-state index contributed by atoms with van der Waals surface area (Å²) in [6.45, 7) is 5.27. The zero-order valence-corrected chi connectivity index (χ0v) is 20.5. The van der Waals surface area contributed by atoms with Gasteiger partial charge < -0.3 is 5.32 Å². The molecule has 33 heavy (non-hydrogen) atoms. The van der Waals surface area contributed by atoms with E-state index in [0.29, 0.717) is 30.1 Å². The van der Waals surface area contributed by atoms with Crippen molar-refractivity contribution in [2.24, 2.45) is 0 Å². The average Bonchev–Trinajstić information content (AvgIpc) is 3.31. The van der Waals surface area contributed by atoms with Gasteiger partial charge in [0.15, 0.2) is 0 Å². The molecule has 6 nitrogen and oxygen atoms in total. The number of hydrogen-bond acceptors (Lipinski definition) is 5. The molecule has 0 bridgehead atoms. The number of nitrogens with one attached hydrogen (secondary N) is 2. The molecule has 3 aromatic rings. The number of hydrogen-bond donors (Lipinski definition) is 2. The normalized spacial score (nSPS) is 16.4. The van der Waals surface area contributed by atoms with E-state index in [-0.39, 0.29) is 11.9 Å². The van der Waals surface area contributed by atoms with Crippen molar-refractivity contribution < 1.29 is 13.2 Å². The van der Waals surface area contributed by atoms with Crippen LogP contribution in [0.3, 0.4) is 0 Å². The SMILES string of the molecule is Cc1cc(C)cc(NC(=O)[C@H](c2ccccc2)N2CCC(NS(=O)(=O)c3cccs3)CC2)c1. The van der Waals surface area contributed by atoms with Crippen LogP contribution in [0.25, 0.3) is 0 Å². The van der Waals surface area contributed by atoms with E-state index < -0.39 is 16.1 Å². The van der Waals surface area contributed by atoms with Gasteiger partial charge in [-0.1, -0.05) is 42.5 Å². The molecule has 0 unspecified atom stereocenters. The molecule has 1 aliphatic rings. The lowest BCUT2D eigenvalue weighted by molar-refractivity contribution is -0.122. The fourth-order valence-corrected chi connectivity index (χ4v) is 6.70. The summed E-state index contributed by atoms with van der Waals surface area (Å²) < 4.78 is 28.3. The van der Waals surface area contributed by atoms with Crippen molar-refractivity contribution in [1.29, 1.82) is 0 Å². The van der Waals surface area contributed by atoms with Crippen molar-refractivity contribution in [2.75, 3.05) is 18.4 Å². The molecule has 0 saturated carbocycles. The lowest BCUT2D eigenvalue weighted by atomic mass is 9.99. The number of anilines is 1. The maximum Gasteiger partial charge on any atom is 0.250 e. The molecule has 8 heteroatoms. The Balaban J connectivity index is 1.48. The monoisotopic (exact) mass is 483 g/mol. The van der Waals surface area contributed by atoms with E-state index in [4.69, 9.17) is 0 Å². The van der Waals surface area contributed by atoms with Gasteiger partial charge in [0, 0.05) is 24.8 Å². The first kappa shape index (κ1) is 23.6. The Morgan fingerprint density at radius 1 is 1.00 bits per heavy atom. The molecule has 0 spiro atoms. The van der Waals surface area contributed by atoms with E-state index in [9.17, 15) is 13.2 Å². The van der Waals surface area contributed by atoms with E-state index in [1.807, 2.05) is 56.3 Å². The molecule has 1 saturated heterocycles. The fraction of sp³-hybridized carbons (Fsp3) is 0.320. The van der Waals surface area contributed by atoms with Crippen molar-refractivity contribution >= 4 is 33.0 Å². The second-order valence-electron chi connectivity index (χ2n) is 8.54. The molecule has 0 radical (unpaired) electrons. The minimum atomic E-state index is -3.50. The van der Waals surface area contributed by atoms with Gasteiger partial charge in [-0.15, -0.1) is 11.3 Å². The molecule has 0 aliphatic carbocycles. The summed E-state index contributed by atoms with van der Waals surface area (Å²) in [7, 11) is -3.50. The zero-order chi connectivity index (χ0) is 23.4. The van der Waals surface area contributed by atoms with Crippen LogP contribution in [0.2, 0.25) is 0 Å². The number of carbonyl (C=O) groups excluding carboxylic acids is 1. The Morgan fingerprint density at radius 2 is 1.67 bits per heavy atom. The minimum absolute atomic E-state index is 0.0798. The van der Waals surface area contributed by atoms with Crippen LogP contribution in [0.15, 0.2) is 70.3 Å². The molecule has 1 atom stereocenters. The summed E-state index contributed by atoms with van der Waals surface area (Å²) in [6.07, 6.45) is 1.29. The predicted octanol–water partition coefficient (Wildman–Crippen LogP) is 4.49. The first-order valence-electron chi connectivity index (χ1n) is 11.1. The van der Waals surface area contributed by atoms with Crippen LogP contribution in [0.4, 0.5) is 5.69 Å². The number of piperidine rings is 1. The van der Waals surface area contributed by atoms with Crippen molar-refractivity contribution in [1.82, 2.24) is 9.62 Å². The second-order valence-corrected chi connectivity index (χ2v) is 11.4. The first-order valence-corrected chi connectivity index (χ1v) is 13.4. The second kappa shape index (κ2) is 10.2. The number of aryl methyl sites for hydroxylation is 2. The molecule has 2 N–H and O–H groups in total. The van der Waals surface area contributed by atoms with Gasteiger partial charge >= 0.3 is 0 Å². The largest absolute Gasteiger partial charge is 0.324 e. The lowest BCUT2D eigenvalue weighted by Crippen LogP contribution is -2.47. The number of amides is 1. The van der Waals surface area contributed by atoms with Gasteiger partial charge in [-0.25, -0.2) is 13.1 Å². The number of carbonyl (C=O) groups is 1. The number of sulfonamides is 1. The van der Waals surface area contributed by atoms with Crippen LogP contribution >= 0.6 is 11.3 Å². The van der Waals surface area contributed by atoms with E-state index in [2.05, 4.69) is 21.0 Å². The van der Waals surface area contributed by atoms with Crippen molar-refractivity contribution in [3.63, 3.8) is 0 Å². The topological polar surface area (TPSA) is 78.5 Å². The lowest BCUT2D eigenvalue weighted by Gasteiger charge is -2.37. The molecule has 4 rings (SSSR count). The summed E-state index contributed by atoms with van der Waals surface area (Å²) in [4.78, 5) is 15.6. The van der Waals surface area contributed by atoms with Gasteiger partial charge in [0.1, 0.15) is 10.3 Å². The summed E-state index contributed by atoms with van der Waals surface area (Å²) in [5, 5.41) is 4.86. The number of rotatable bonds is 7. The molecular weight excluding hydrogens is 454 g/mol. The summed E-state index contributed by atoms with van der Waals surface area (Å²) in [5.41, 5.74) is 3.91. The highest BCUT2D eigenvalue weighted by Gasteiger charge is 2.32. The molecule has 2 heterocycles. The molecule has 1 aliphatic heterocycles. The number of nitrogens with zero attached hydrogens (tertiary/aromatic N) is 1. The highest BCUT2D eigenvalue weighted by molar-refractivity contribution is 7.91. The van der Waals surface area contributed by atoms with Gasteiger partial charge in [-0.3, -0.25) is 9.69 Å². The van der Waals surface area contributed by atoms with Gasteiger partial charge in [-0.05, 0) is 67.0 Å². The van der Waals surface area contributed by atoms with Crippen molar-refractivity contribution in [3.8, 4) is 0 Å². The van der Waals surface area contributed by atoms with Gasteiger partial charge in [0.2, 0.25) is 15.9 Å². The molecule has 1 fully saturated rings.